The van der Waals surface area contributed by atoms with Crippen LogP contribution in [0.3, 0.4) is 0 Å². The van der Waals surface area contributed by atoms with Crippen LogP contribution in [0.25, 0.3) is 0 Å². The lowest BCUT2D eigenvalue weighted by molar-refractivity contribution is -0.146. The number of hydrogen-bond acceptors (Lipinski definition) is 4. The molecule has 0 amide bonds. The molecule has 2 unspecified atom stereocenters. The van der Waals surface area contributed by atoms with E-state index >= 15 is 0 Å². The Morgan fingerprint density at radius 3 is 1.05 bits per heavy atom. The van der Waals surface area contributed by atoms with E-state index in [1.165, 1.54) is 128 Å². The van der Waals surface area contributed by atoms with Gasteiger partial charge in [0, 0.05) is 12.8 Å². The maximum absolute atomic E-state index is 12.2. The van der Waals surface area contributed by atoms with Crippen LogP contribution in [0.2, 0.25) is 0 Å². The van der Waals surface area contributed by atoms with Crippen molar-refractivity contribution in [3.8, 4) is 0 Å². The number of rotatable bonds is 31. The van der Waals surface area contributed by atoms with Crippen molar-refractivity contribution in [3.05, 3.63) is 0 Å². The SMILES string of the molecule is CCCCCCC(CCCC)COC(=O)CCCCCCCCCCC(=O)OCC(CCCC)CCCCCC. The topological polar surface area (TPSA) is 52.6 Å². The van der Waals surface area contributed by atoms with Crippen molar-refractivity contribution in [2.75, 3.05) is 13.2 Å². The Morgan fingerprint density at radius 2 is 0.700 bits per heavy atom. The Kier molecular flexibility index (Phi) is 30.1. The first kappa shape index (κ1) is 38.9. The van der Waals surface area contributed by atoms with Gasteiger partial charge < -0.3 is 9.47 Å². The summed E-state index contributed by atoms with van der Waals surface area (Å²) in [5.74, 6) is 1.08. The van der Waals surface area contributed by atoms with E-state index in [4.69, 9.17) is 9.47 Å². The Balaban J connectivity index is 3.74. The summed E-state index contributed by atoms with van der Waals surface area (Å²) >= 11 is 0. The van der Waals surface area contributed by atoms with Crippen molar-refractivity contribution < 1.29 is 19.1 Å². The smallest absolute Gasteiger partial charge is 0.305 e. The molecule has 0 radical (unpaired) electrons. The van der Waals surface area contributed by atoms with Gasteiger partial charge in [-0.3, -0.25) is 9.59 Å². The molecule has 4 nitrogen and oxygen atoms in total. The van der Waals surface area contributed by atoms with Gasteiger partial charge in [-0.25, -0.2) is 0 Å². The summed E-state index contributed by atoms with van der Waals surface area (Å²) in [7, 11) is 0. The first-order chi connectivity index (χ1) is 19.6. The van der Waals surface area contributed by atoms with Gasteiger partial charge in [-0.2, -0.15) is 0 Å². The highest BCUT2D eigenvalue weighted by atomic mass is 16.5. The molecule has 238 valence electrons. The highest BCUT2D eigenvalue weighted by Crippen LogP contribution is 2.20. The number of carbonyl (C=O) groups excluding carboxylic acids is 2. The zero-order chi connectivity index (χ0) is 29.5. The lowest BCUT2D eigenvalue weighted by atomic mass is 9.96. The average Bonchev–Trinajstić information content (AvgIpc) is 2.96. The second-order valence-corrected chi connectivity index (χ2v) is 12.4. The van der Waals surface area contributed by atoms with Gasteiger partial charge in [-0.1, -0.05) is 143 Å². The van der Waals surface area contributed by atoms with Crippen molar-refractivity contribution in [2.24, 2.45) is 11.8 Å². The molecule has 2 atom stereocenters. The van der Waals surface area contributed by atoms with Crippen molar-refractivity contribution in [1.82, 2.24) is 0 Å². The number of ether oxygens (including phenoxy) is 2. The molecule has 0 saturated carbocycles. The number of unbranched alkanes of at least 4 members (excludes halogenated alkanes) is 15. The fourth-order valence-electron chi connectivity index (χ4n) is 5.49. The third-order valence-corrected chi connectivity index (χ3v) is 8.34. The van der Waals surface area contributed by atoms with Crippen LogP contribution in [0.15, 0.2) is 0 Å². The lowest BCUT2D eigenvalue weighted by Gasteiger charge is -2.17. The Hall–Kier alpha value is -1.06. The van der Waals surface area contributed by atoms with Gasteiger partial charge in [-0.05, 0) is 50.4 Å². The van der Waals surface area contributed by atoms with Crippen LogP contribution in [-0.4, -0.2) is 25.2 Å². The van der Waals surface area contributed by atoms with Gasteiger partial charge in [0.05, 0.1) is 13.2 Å². The lowest BCUT2D eigenvalue weighted by Crippen LogP contribution is -2.14. The molecule has 0 aromatic carbocycles. The number of esters is 2. The minimum Gasteiger partial charge on any atom is -0.465 e. The van der Waals surface area contributed by atoms with Crippen molar-refractivity contribution in [3.63, 3.8) is 0 Å². The third-order valence-electron chi connectivity index (χ3n) is 8.34. The van der Waals surface area contributed by atoms with E-state index in [0.29, 0.717) is 37.9 Å². The van der Waals surface area contributed by atoms with Crippen molar-refractivity contribution in [1.29, 1.82) is 0 Å². The van der Waals surface area contributed by atoms with E-state index in [-0.39, 0.29) is 11.9 Å². The van der Waals surface area contributed by atoms with Crippen LogP contribution in [0.1, 0.15) is 195 Å². The van der Waals surface area contributed by atoms with Gasteiger partial charge in [0.1, 0.15) is 0 Å². The minimum atomic E-state index is -0.00452. The monoisotopic (exact) mass is 567 g/mol. The molecule has 0 aromatic heterocycles. The average molecular weight is 567 g/mol. The maximum atomic E-state index is 12.2. The molecule has 40 heavy (non-hydrogen) atoms. The molecular formula is C36H70O4. The minimum absolute atomic E-state index is 0.00452. The molecule has 0 N–H and O–H groups in total. The predicted molar refractivity (Wildman–Crippen MR) is 172 cm³/mol. The molecule has 0 rings (SSSR count). The summed E-state index contributed by atoms with van der Waals surface area (Å²) in [6.45, 7) is 10.2. The highest BCUT2D eigenvalue weighted by molar-refractivity contribution is 5.69. The van der Waals surface area contributed by atoms with Crippen LogP contribution in [-0.2, 0) is 19.1 Å². The van der Waals surface area contributed by atoms with Crippen molar-refractivity contribution in [2.45, 2.75) is 195 Å². The summed E-state index contributed by atoms with van der Waals surface area (Å²) in [4.78, 5) is 24.4. The fourth-order valence-corrected chi connectivity index (χ4v) is 5.49. The Bertz CT molecular complexity index is 499. The van der Waals surface area contributed by atoms with Gasteiger partial charge in [0.25, 0.3) is 0 Å². The normalized spacial score (nSPS) is 12.8. The molecule has 0 spiro atoms. The Labute approximate surface area is 250 Å². The zero-order valence-corrected chi connectivity index (χ0v) is 27.6. The van der Waals surface area contributed by atoms with Crippen LogP contribution in [0.4, 0.5) is 0 Å². The molecule has 0 aliphatic carbocycles. The zero-order valence-electron chi connectivity index (χ0n) is 27.6. The first-order valence-corrected chi connectivity index (χ1v) is 17.9. The van der Waals surface area contributed by atoms with Crippen LogP contribution in [0.5, 0.6) is 0 Å². The molecule has 0 saturated heterocycles. The van der Waals surface area contributed by atoms with Crippen LogP contribution >= 0.6 is 0 Å². The summed E-state index contributed by atoms with van der Waals surface area (Å²) in [5, 5.41) is 0. The van der Waals surface area contributed by atoms with Gasteiger partial charge >= 0.3 is 11.9 Å². The summed E-state index contributed by atoms with van der Waals surface area (Å²) < 4.78 is 11.3. The highest BCUT2D eigenvalue weighted by Gasteiger charge is 2.13. The molecule has 0 bridgehead atoms. The van der Waals surface area contributed by atoms with Gasteiger partial charge in [0.2, 0.25) is 0 Å². The Morgan fingerprint density at radius 1 is 0.400 bits per heavy atom. The summed E-state index contributed by atoms with van der Waals surface area (Å²) in [6, 6.07) is 0. The summed E-state index contributed by atoms with van der Waals surface area (Å²) in [6.07, 6.45) is 30.0. The van der Waals surface area contributed by atoms with Gasteiger partial charge in [0.15, 0.2) is 0 Å². The largest absolute Gasteiger partial charge is 0.465 e. The molecular weight excluding hydrogens is 496 g/mol. The second-order valence-electron chi connectivity index (χ2n) is 12.4. The molecule has 0 fully saturated rings. The molecule has 0 aliphatic heterocycles. The van der Waals surface area contributed by atoms with Crippen molar-refractivity contribution >= 4 is 11.9 Å². The fraction of sp³-hybridized carbons (Fsp3) is 0.944. The number of hydrogen-bond donors (Lipinski definition) is 0. The summed E-state index contributed by atoms with van der Waals surface area (Å²) in [5.41, 5.74) is 0. The van der Waals surface area contributed by atoms with E-state index in [2.05, 4.69) is 27.7 Å². The standard InChI is InChI=1S/C36H70O4/c1-5-9-13-21-27-33(25-11-7-3)31-39-35(37)29-23-19-17-15-16-18-20-24-30-36(38)40-32-34(26-12-8-4)28-22-14-10-6-2/h33-34H,5-32H2,1-4H3. The van der Waals surface area contributed by atoms with E-state index in [1.54, 1.807) is 0 Å². The molecule has 0 aromatic rings. The third kappa shape index (κ3) is 27.1. The molecule has 4 heteroatoms. The van der Waals surface area contributed by atoms with E-state index in [0.717, 1.165) is 25.7 Å². The molecule has 0 heterocycles. The maximum Gasteiger partial charge on any atom is 0.305 e. The number of carbonyl (C=O) groups is 2. The predicted octanol–water partition coefficient (Wildman–Crippen LogP) is 11.5. The molecule has 0 aliphatic rings. The van der Waals surface area contributed by atoms with E-state index in [1.807, 2.05) is 0 Å². The first-order valence-electron chi connectivity index (χ1n) is 17.9. The van der Waals surface area contributed by atoms with Gasteiger partial charge in [-0.15, -0.1) is 0 Å². The van der Waals surface area contributed by atoms with E-state index < -0.39 is 0 Å². The van der Waals surface area contributed by atoms with Crippen LogP contribution in [0, 0.1) is 11.8 Å². The quantitative estimate of drug-likeness (QED) is 0.0618. The second kappa shape index (κ2) is 30.9. The van der Waals surface area contributed by atoms with E-state index in [9.17, 15) is 9.59 Å². The van der Waals surface area contributed by atoms with Crippen LogP contribution < -0.4 is 0 Å².